The minimum absolute atomic E-state index is 0.155. The van der Waals surface area contributed by atoms with Crippen molar-refractivity contribution in [3.05, 3.63) is 67.3 Å². The summed E-state index contributed by atoms with van der Waals surface area (Å²) in [6.45, 7) is 15.9. The number of amides is 1. The van der Waals surface area contributed by atoms with Gasteiger partial charge < -0.3 is 11.1 Å². The van der Waals surface area contributed by atoms with Crippen LogP contribution in [0.2, 0.25) is 0 Å². The number of allylic oxidation sites excluding steroid dienone is 1. The lowest BCUT2D eigenvalue weighted by molar-refractivity contribution is -0.112. The van der Waals surface area contributed by atoms with E-state index in [1.807, 2.05) is 38.1 Å². The molecular weight excluding hydrogens is 248 g/mol. The molecule has 3 heteroatoms. The van der Waals surface area contributed by atoms with Crippen LogP contribution in [0.4, 0.5) is 5.69 Å². The van der Waals surface area contributed by atoms with Gasteiger partial charge in [0.2, 0.25) is 0 Å². The van der Waals surface area contributed by atoms with Gasteiger partial charge in [0.1, 0.15) is 0 Å². The summed E-state index contributed by atoms with van der Waals surface area (Å²) >= 11 is 0. The van der Waals surface area contributed by atoms with Crippen LogP contribution in [0.15, 0.2) is 61.7 Å². The van der Waals surface area contributed by atoms with Crippen LogP contribution >= 0.6 is 0 Å². The highest BCUT2D eigenvalue weighted by molar-refractivity contribution is 6.05. The van der Waals surface area contributed by atoms with Gasteiger partial charge >= 0.3 is 0 Å². The van der Waals surface area contributed by atoms with Crippen LogP contribution in [-0.4, -0.2) is 5.91 Å². The third-order valence-corrected chi connectivity index (χ3v) is 2.24. The van der Waals surface area contributed by atoms with Crippen molar-refractivity contribution in [3.8, 4) is 0 Å². The van der Waals surface area contributed by atoms with E-state index < -0.39 is 0 Å². The summed E-state index contributed by atoms with van der Waals surface area (Å²) in [5, 5.41) is 2.78. The van der Waals surface area contributed by atoms with Gasteiger partial charge in [-0.3, -0.25) is 4.79 Å². The van der Waals surface area contributed by atoms with Crippen LogP contribution < -0.4 is 11.1 Å². The Hall–Kier alpha value is -2.13. The molecule has 0 saturated heterocycles. The standard InChI is InChI=1S/C13H16N2O.C2H6.C2H4/c1-3-11(4-2)13(16)15-12-7-5-10(9-14)6-8-12;2*1-2/h3-8H,1,9,14H2,2H3,(H,15,16);1-2H3;1-2H2/b11-4+;;. The fourth-order valence-corrected chi connectivity index (χ4v) is 1.27. The Morgan fingerprint density at radius 3 is 2.10 bits per heavy atom. The van der Waals surface area contributed by atoms with Gasteiger partial charge in [-0.2, -0.15) is 0 Å². The second-order valence-electron chi connectivity index (χ2n) is 3.30. The summed E-state index contributed by atoms with van der Waals surface area (Å²) in [7, 11) is 0. The Morgan fingerprint density at radius 2 is 1.75 bits per heavy atom. The van der Waals surface area contributed by atoms with Crippen molar-refractivity contribution < 1.29 is 4.79 Å². The predicted octanol–water partition coefficient (Wildman–Crippen LogP) is 4.04. The lowest BCUT2D eigenvalue weighted by atomic mass is 10.2. The molecule has 1 aromatic rings. The van der Waals surface area contributed by atoms with E-state index in [1.54, 1.807) is 13.0 Å². The summed E-state index contributed by atoms with van der Waals surface area (Å²) in [4.78, 5) is 11.7. The van der Waals surface area contributed by atoms with E-state index in [1.165, 1.54) is 6.08 Å². The van der Waals surface area contributed by atoms with Crippen LogP contribution in [0.3, 0.4) is 0 Å². The molecule has 0 bridgehead atoms. The summed E-state index contributed by atoms with van der Waals surface area (Å²) in [5.41, 5.74) is 7.83. The third-order valence-electron chi connectivity index (χ3n) is 2.24. The zero-order valence-corrected chi connectivity index (χ0v) is 12.8. The molecule has 0 aromatic heterocycles. The van der Waals surface area contributed by atoms with Gasteiger partial charge in [-0.1, -0.05) is 44.7 Å². The second-order valence-corrected chi connectivity index (χ2v) is 3.30. The first-order valence-corrected chi connectivity index (χ1v) is 6.60. The number of nitrogens with two attached hydrogens (primary N) is 1. The molecule has 1 aromatic carbocycles. The molecule has 0 spiro atoms. The quantitative estimate of drug-likeness (QED) is 0.494. The zero-order valence-electron chi connectivity index (χ0n) is 12.8. The molecule has 0 fully saturated rings. The van der Waals surface area contributed by atoms with Crippen molar-refractivity contribution in [3.63, 3.8) is 0 Å². The molecule has 0 aliphatic carbocycles. The van der Waals surface area contributed by atoms with Crippen LogP contribution in [-0.2, 0) is 11.3 Å². The summed E-state index contributed by atoms with van der Waals surface area (Å²) in [6.07, 6.45) is 3.25. The Bertz CT molecular complexity index is 419. The van der Waals surface area contributed by atoms with Crippen LogP contribution in [0.5, 0.6) is 0 Å². The van der Waals surface area contributed by atoms with Gasteiger partial charge in [0.05, 0.1) is 0 Å². The summed E-state index contributed by atoms with van der Waals surface area (Å²) in [6, 6.07) is 7.44. The molecule has 0 aliphatic heterocycles. The molecule has 0 atom stereocenters. The predicted molar refractivity (Wildman–Crippen MR) is 89.5 cm³/mol. The van der Waals surface area contributed by atoms with Gasteiger partial charge in [-0.05, 0) is 24.6 Å². The van der Waals surface area contributed by atoms with E-state index in [9.17, 15) is 4.79 Å². The molecule has 0 radical (unpaired) electrons. The highest BCUT2D eigenvalue weighted by Crippen LogP contribution is 2.10. The van der Waals surface area contributed by atoms with Crippen molar-refractivity contribution in [2.45, 2.75) is 27.3 Å². The molecule has 3 N–H and O–H groups in total. The van der Waals surface area contributed by atoms with Crippen molar-refractivity contribution in [2.75, 3.05) is 5.32 Å². The SMILES string of the molecule is C=C.C=C/C(=C\C)C(=O)Nc1ccc(CN)cc1.CC. The number of benzene rings is 1. The van der Waals surface area contributed by atoms with Crippen molar-refractivity contribution >= 4 is 11.6 Å². The number of hydrogen-bond acceptors (Lipinski definition) is 2. The summed E-state index contributed by atoms with van der Waals surface area (Å²) < 4.78 is 0. The van der Waals surface area contributed by atoms with E-state index in [2.05, 4.69) is 25.1 Å². The van der Waals surface area contributed by atoms with Gasteiger partial charge in [0.25, 0.3) is 5.91 Å². The van der Waals surface area contributed by atoms with E-state index in [0.29, 0.717) is 12.1 Å². The molecule has 1 amide bonds. The Kier molecular flexibility index (Phi) is 13.4. The lowest BCUT2D eigenvalue weighted by Gasteiger charge is -2.06. The second kappa shape index (κ2) is 13.3. The Morgan fingerprint density at radius 1 is 1.25 bits per heavy atom. The molecule has 0 heterocycles. The minimum Gasteiger partial charge on any atom is -0.326 e. The van der Waals surface area contributed by atoms with E-state index >= 15 is 0 Å². The summed E-state index contributed by atoms with van der Waals surface area (Å²) in [5.74, 6) is -0.155. The highest BCUT2D eigenvalue weighted by atomic mass is 16.1. The van der Waals surface area contributed by atoms with Crippen LogP contribution in [0.1, 0.15) is 26.3 Å². The van der Waals surface area contributed by atoms with Gasteiger partial charge in [0, 0.05) is 17.8 Å². The maximum absolute atomic E-state index is 11.7. The fraction of sp³-hybridized carbons (Fsp3) is 0.235. The third kappa shape index (κ3) is 7.34. The van der Waals surface area contributed by atoms with Crippen LogP contribution in [0.25, 0.3) is 0 Å². The fourth-order valence-electron chi connectivity index (χ4n) is 1.27. The topological polar surface area (TPSA) is 55.1 Å². The Labute approximate surface area is 122 Å². The maximum atomic E-state index is 11.7. The van der Waals surface area contributed by atoms with E-state index in [0.717, 1.165) is 11.3 Å². The van der Waals surface area contributed by atoms with E-state index in [4.69, 9.17) is 5.73 Å². The lowest BCUT2D eigenvalue weighted by Crippen LogP contribution is -2.13. The molecular formula is C17H26N2O. The number of anilines is 1. The number of nitrogens with one attached hydrogen (secondary N) is 1. The first kappa shape index (κ1) is 20.2. The highest BCUT2D eigenvalue weighted by Gasteiger charge is 2.04. The molecule has 0 unspecified atom stereocenters. The number of carbonyl (C=O) groups excluding carboxylic acids is 1. The average Bonchev–Trinajstić information content (AvgIpc) is 2.53. The van der Waals surface area contributed by atoms with Crippen molar-refractivity contribution in [2.24, 2.45) is 5.73 Å². The molecule has 0 saturated carbocycles. The normalized spacial score (nSPS) is 9.30. The van der Waals surface area contributed by atoms with Crippen LogP contribution in [0, 0.1) is 0 Å². The van der Waals surface area contributed by atoms with Gasteiger partial charge in [0.15, 0.2) is 0 Å². The van der Waals surface area contributed by atoms with Crippen molar-refractivity contribution in [1.29, 1.82) is 0 Å². The molecule has 3 nitrogen and oxygen atoms in total. The monoisotopic (exact) mass is 274 g/mol. The largest absolute Gasteiger partial charge is 0.326 e. The number of carbonyl (C=O) groups is 1. The van der Waals surface area contributed by atoms with Gasteiger partial charge in [-0.15, -0.1) is 13.2 Å². The number of hydrogen-bond donors (Lipinski definition) is 2. The first-order chi connectivity index (χ1) is 9.71. The first-order valence-electron chi connectivity index (χ1n) is 6.60. The average molecular weight is 274 g/mol. The minimum atomic E-state index is -0.155. The Balaban J connectivity index is 0. The molecule has 0 aliphatic rings. The number of rotatable bonds is 4. The van der Waals surface area contributed by atoms with Gasteiger partial charge in [-0.25, -0.2) is 0 Å². The van der Waals surface area contributed by atoms with Crippen molar-refractivity contribution in [1.82, 2.24) is 0 Å². The van der Waals surface area contributed by atoms with E-state index in [-0.39, 0.29) is 5.91 Å². The smallest absolute Gasteiger partial charge is 0.255 e. The maximum Gasteiger partial charge on any atom is 0.255 e. The zero-order chi connectivity index (χ0) is 16.0. The molecule has 20 heavy (non-hydrogen) atoms. The molecule has 1 rings (SSSR count). The molecule has 110 valence electrons.